The lowest BCUT2D eigenvalue weighted by Gasteiger charge is -2.40. The summed E-state index contributed by atoms with van der Waals surface area (Å²) in [5.41, 5.74) is 2.77. The van der Waals surface area contributed by atoms with Gasteiger partial charge >= 0.3 is 0 Å². The number of carbonyl (C=O) groups excluding carboxylic acids is 2. The summed E-state index contributed by atoms with van der Waals surface area (Å²) in [6, 6.07) is 7.78. The average Bonchev–Trinajstić information content (AvgIpc) is 2.61. The van der Waals surface area contributed by atoms with E-state index in [0.717, 1.165) is 16.9 Å². The number of anilines is 1. The van der Waals surface area contributed by atoms with Crippen molar-refractivity contribution in [2.45, 2.75) is 32.7 Å². The van der Waals surface area contributed by atoms with Crippen molar-refractivity contribution in [2.75, 3.05) is 18.0 Å². The standard InChI is InChI=1S/C19H22N4O2/c1-14-5-3-4-6-17(14)23-15(2)12-22(13-19(23)25)18(24)8-7-16-11-20-9-10-21-16/h3-6,9-11,15H,7-8,12-13H2,1-2H3/t15-/m1/s1. The summed E-state index contributed by atoms with van der Waals surface area (Å²) in [7, 11) is 0. The normalized spacial score (nSPS) is 17.7. The van der Waals surface area contributed by atoms with Gasteiger partial charge in [0.05, 0.1) is 11.7 Å². The minimum atomic E-state index is -0.0529. The third-order valence-electron chi connectivity index (χ3n) is 4.46. The highest BCUT2D eigenvalue weighted by Gasteiger charge is 2.33. The van der Waals surface area contributed by atoms with Gasteiger partial charge in [0.15, 0.2) is 0 Å². The van der Waals surface area contributed by atoms with Gasteiger partial charge in [0, 0.05) is 37.2 Å². The van der Waals surface area contributed by atoms with Crippen molar-refractivity contribution in [3.8, 4) is 0 Å². The summed E-state index contributed by atoms with van der Waals surface area (Å²) < 4.78 is 0. The second-order valence-electron chi connectivity index (χ2n) is 6.37. The SMILES string of the molecule is Cc1ccccc1N1C(=O)CN(C(=O)CCc2cnccn2)C[C@H]1C. The lowest BCUT2D eigenvalue weighted by Crippen LogP contribution is -2.57. The Bertz CT molecular complexity index is 763. The van der Waals surface area contributed by atoms with E-state index in [1.807, 2.05) is 43.0 Å². The minimum Gasteiger partial charge on any atom is -0.331 e. The minimum absolute atomic E-state index is 0.0183. The van der Waals surface area contributed by atoms with Crippen molar-refractivity contribution < 1.29 is 9.59 Å². The van der Waals surface area contributed by atoms with Crippen LogP contribution in [0.5, 0.6) is 0 Å². The van der Waals surface area contributed by atoms with Crippen LogP contribution in [0.2, 0.25) is 0 Å². The molecule has 0 unspecified atom stereocenters. The molecule has 0 aliphatic carbocycles. The zero-order valence-electron chi connectivity index (χ0n) is 14.6. The fourth-order valence-corrected chi connectivity index (χ4v) is 3.20. The van der Waals surface area contributed by atoms with Gasteiger partial charge < -0.3 is 9.80 Å². The molecule has 1 aliphatic heterocycles. The number of piperazine rings is 1. The molecular formula is C19H22N4O2. The van der Waals surface area contributed by atoms with Gasteiger partial charge in [-0.05, 0) is 31.9 Å². The molecule has 0 saturated carbocycles. The largest absolute Gasteiger partial charge is 0.331 e. The Kier molecular flexibility index (Phi) is 5.07. The van der Waals surface area contributed by atoms with Crippen LogP contribution in [-0.2, 0) is 16.0 Å². The van der Waals surface area contributed by atoms with Crippen LogP contribution in [0, 0.1) is 6.92 Å². The zero-order chi connectivity index (χ0) is 17.8. The Morgan fingerprint density at radius 2 is 2.08 bits per heavy atom. The molecule has 3 rings (SSSR count). The van der Waals surface area contributed by atoms with Crippen LogP contribution in [0.1, 0.15) is 24.6 Å². The number of aromatic nitrogens is 2. The smallest absolute Gasteiger partial charge is 0.246 e. The van der Waals surface area contributed by atoms with Crippen LogP contribution < -0.4 is 4.90 Å². The number of aryl methyl sites for hydroxylation is 2. The van der Waals surface area contributed by atoms with Gasteiger partial charge in [-0.25, -0.2) is 0 Å². The molecule has 6 heteroatoms. The third kappa shape index (κ3) is 3.84. The number of hydrogen-bond acceptors (Lipinski definition) is 4. The van der Waals surface area contributed by atoms with Gasteiger partial charge in [0.2, 0.25) is 11.8 Å². The summed E-state index contributed by atoms with van der Waals surface area (Å²) in [4.78, 5) is 36.8. The van der Waals surface area contributed by atoms with E-state index in [9.17, 15) is 9.59 Å². The van der Waals surface area contributed by atoms with E-state index in [2.05, 4.69) is 9.97 Å². The predicted octanol–water partition coefficient (Wildman–Crippen LogP) is 1.98. The molecule has 2 aromatic rings. The van der Waals surface area contributed by atoms with Gasteiger partial charge in [0.25, 0.3) is 0 Å². The number of para-hydroxylation sites is 1. The van der Waals surface area contributed by atoms with Crippen molar-refractivity contribution in [1.82, 2.24) is 14.9 Å². The number of nitrogens with zero attached hydrogens (tertiary/aromatic N) is 4. The fourth-order valence-electron chi connectivity index (χ4n) is 3.20. The molecule has 1 fully saturated rings. The number of benzene rings is 1. The molecule has 130 valence electrons. The number of amides is 2. The van der Waals surface area contributed by atoms with Gasteiger partial charge in [-0.2, -0.15) is 0 Å². The van der Waals surface area contributed by atoms with Crippen LogP contribution >= 0.6 is 0 Å². The maximum Gasteiger partial charge on any atom is 0.246 e. The Labute approximate surface area is 147 Å². The molecule has 6 nitrogen and oxygen atoms in total. The first-order valence-electron chi connectivity index (χ1n) is 8.46. The summed E-state index contributed by atoms with van der Waals surface area (Å²) in [5, 5.41) is 0. The molecule has 1 aromatic heterocycles. The van der Waals surface area contributed by atoms with Crippen molar-refractivity contribution in [3.05, 3.63) is 54.1 Å². The number of rotatable bonds is 4. The Hall–Kier alpha value is -2.76. The highest BCUT2D eigenvalue weighted by molar-refractivity contribution is 5.99. The number of hydrogen-bond donors (Lipinski definition) is 0. The van der Waals surface area contributed by atoms with Gasteiger partial charge in [-0.15, -0.1) is 0 Å². The molecule has 0 bridgehead atoms. The molecule has 1 aliphatic rings. The highest BCUT2D eigenvalue weighted by atomic mass is 16.2. The topological polar surface area (TPSA) is 66.4 Å². The quantitative estimate of drug-likeness (QED) is 0.855. The van der Waals surface area contributed by atoms with E-state index in [-0.39, 0.29) is 24.4 Å². The first-order valence-corrected chi connectivity index (χ1v) is 8.46. The molecule has 0 spiro atoms. The lowest BCUT2D eigenvalue weighted by atomic mass is 10.1. The Morgan fingerprint density at radius 3 is 2.76 bits per heavy atom. The summed E-state index contributed by atoms with van der Waals surface area (Å²) in [6.07, 6.45) is 5.76. The van der Waals surface area contributed by atoms with E-state index < -0.39 is 0 Å². The molecule has 2 heterocycles. The molecular weight excluding hydrogens is 316 g/mol. The van der Waals surface area contributed by atoms with E-state index in [4.69, 9.17) is 0 Å². The Balaban J connectivity index is 1.64. The summed E-state index contributed by atoms with van der Waals surface area (Å²) in [6.45, 7) is 4.64. The van der Waals surface area contributed by atoms with Gasteiger partial charge in [0.1, 0.15) is 6.54 Å². The van der Waals surface area contributed by atoms with Crippen LogP contribution in [0.4, 0.5) is 5.69 Å². The lowest BCUT2D eigenvalue weighted by molar-refractivity contribution is -0.137. The number of carbonyl (C=O) groups is 2. The van der Waals surface area contributed by atoms with E-state index >= 15 is 0 Å². The van der Waals surface area contributed by atoms with Crippen LogP contribution in [0.25, 0.3) is 0 Å². The highest BCUT2D eigenvalue weighted by Crippen LogP contribution is 2.25. The average molecular weight is 338 g/mol. The van der Waals surface area contributed by atoms with Gasteiger partial charge in [-0.3, -0.25) is 19.6 Å². The molecule has 25 heavy (non-hydrogen) atoms. The van der Waals surface area contributed by atoms with Crippen molar-refractivity contribution in [3.63, 3.8) is 0 Å². The van der Waals surface area contributed by atoms with Crippen molar-refractivity contribution in [2.24, 2.45) is 0 Å². The second-order valence-corrected chi connectivity index (χ2v) is 6.37. The molecule has 2 amide bonds. The van der Waals surface area contributed by atoms with Crippen molar-refractivity contribution >= 4 is 17.5 Å². The fraction of sp³-hybridized carbons (Fsp3) is 0.368. The van der Waals surface area contributed by atoms with Crippen LogP contribution in [-0.4, -0.2) is 45.8 Å². The van der Waals surface area contributed by atoms with Crippen molar-refractivity contribution in [1.29, 1.82) is 0 Å². The Morgan fingerprint density at radius 1 is 1.28 bits per heavy atom. The van der Waals surface area contributed by atoms with E-state index in [0.29, 0.717) is 19.4 Å². The molecule has 0 radical (unpaired) electrons. The first kappa shape index (κ1) is 17.1. The third-order valence-corrected chi connectivity index (χ3v) is 4.46. The molecule has 0 N–H and O–H groups in total. The maximum absolute atomic E-state index is 12.7. The second kappa shape index (κ2) is 7.42. The monoisotopic (exact) mass is 338 g/mol. The first-order chi connectivity index (χ1) is 12.1. The molecule has 1 aromatic carbocycles. The summed E-state index contributed by atoms with van der Waals surface area (Å²) in [5.74, 6) is -0.0591. The zero-order valence-corrected chi connectivity index (χ0v) is 14.6. The molecule has 1 saturated heterocycles. The summed E-state index contributed by atoms with van der Waals surface area (Å²) >= 11 is 0. The van der Waals surface area contributed by atoms with Gasteiger partial charge in [-0.1, -0.05) is 18.2 Å². The van der Waals surface area contributed by atoms with Crippen LogP contribution in [0.15, 0.2) is 42.9 Å². The van der Waals surface area contributed by atoms with Crippen LogP contribution in [0.3, 0.4) is 0 Å². The predicted molar refractivity (Wildman–Crippen MR) is 95.1 cm³/mol. The van der Waals surface area contributed by atoms with E-state index in [1.165, 1.54) is 0 Å². The van der Waals surface area contributed by atoms with E-state index in [1.54, 1.807) is 23.5 Å². The molecule has 1 atom stereocenters. The maximum atomic E-state index is 12.7.